The van der Waals surface area contributed by atoms with Crippen LogP contribution in [0.4, 0.5) is 37.8 Å². The summed E-state index contributed by atoms with van der Waals surface area (Å²) < 4.78 is 82.1. The normalized spacial score (nSPS) is 18.9. The Morgan fingerprint density at radius 1 is 1.22 bits per heavy atom. The van der Waals surface area contributed by atoms with E-state index in [0.717, 1.165) is 17.0 Å². The first kappa shape index (κ1) is 25.9. The number of fused-ring (bicyclic) bond motifs is 1. The van der Waals surface area contributed by atoms with Crippen LogP contribution in [0, 0.1) is 0 Å². The third-order valence-electron chi connectivity index (χ3n) is 6.09. The van der Waals surface area contributed by atoms with E-state index in [-0.39, 0.29) is 29.5 Å². The van der Waals surface area contributed by atoms with Gasteiger partial charge in [-0.2, -0.15) is 26.3 Å². The molecule has 0 saturated carbocycles. The van der Waals surface area contributed by atoms with Gasteiger partial charge in [-0.15, -0.1) is 0 Å². The summed E-state index contributed by atoms with van der Waals surface area (Å²) in [4.78, 5) is 26.1. The number of rotatable bonds is 5. The molecule has 0 aliphatic carbocycles. The number of halogens is 7. The standard InChI is InChI=1S/C22H21ClF6N6O/c1-34(20-15-4-5-30-19(15)32-11-33-20)16-3-2-6-35(18(16)22(27,28)29)17(36)10-31-14-8-12(21(24,25)26)7-13(23)9-14/h4-5,7-9,11,16,18,31H,2-3,6,10H2,1H3,(H,30,32,33). The number of H-pyrrole nitrogens is 1. The number of likely N-dealkylation sites (N-methyl/N-ethyl adjacent to an activating group) is 1. The highest BCUT2D eigenvalue weighted by molar-refractivity contribution is 6.31. The van der Waals surface area contributed by atoms with E-state index in [1.54, 1.807) is 12.3 Å². The van der Waals surface area contributed by atoms with Gasteiger partial charge in [-0.3, -0.25) is 4.79 Å². The zero-order chi connectivity index (χ0) is 26.3. The molecular formula is C22H21ClF6N6O. The van der Waals surface area contributed by atoms with Gasteiger partial charge in [0.1, 0.15) is 23.8 Å². The van der Waals surface area contributed by atoms with Crippen molar-refractivity contribution in [3.63, 3.8) is 0 Å². The number of nitrogens with zero attached hydrogens (tertiary/aromatic N) is 4. The summed E-state index contributed by atoms with van der Waals surface area (Å²) in [5, 5.41) is 2.79. The number of anilines is 2. The van der Waals surface area contributed by atoms with Gasteiger partial charge in [-0.05, 0) is 37.1 Å². The lowest BCUT2D eigenvalue weighted by atomic mass is 9.93. The Bertz CT molecular complexity index is 1250. The fourth-order valence-corrected chi connectivity index (χ4v) is 4.72. The molecule has 2 atom stereocenters. The van der Waals surface area contributed by atoms with Crippen LogP contribution in [0.15, 0.2) is 36.8 Å². The minimum Gasteiger partial charge on any atom is -0.376 e. The molecule has 3 heterocycles. The monoisotopic (exact) mass is 534 g/mol. The largest absolute Gasteiger partial charge is 0.416 e. The Morgan fingerprint density at radius 2 is 1.97 bits per heavy atom. The van der Waals surface area contributed by atoms with Crippen molar-refractivity contribution in [2.75, 3.05) is 30.4 Å². The number of alkyl halides is 6. The van der Waals surface area contributed by atoms with E-state index < -0.39 is 42.5 Å². The number of nitrogens with one attached hydrogen (secondary N) is 2. The average Bonchev–Trinajstić information content (AvgIpc) is 3.29. The van der Waals surface area contributed by atoms with Crippen LogP contribution in [0.5, 0.6) is 0 Å². The Hall–Kier alpha value is -3.22. The van der Waals surface area contributed by atoms with Gasteiger partial charge < -0.3 is 20.1 Å². The molecule has 1 fully saturated rings. The molecule has 36 heavy (non-hydrogen) atoms. The van der Waals surface area contributed by atoms with Crippen molar-refractivity contribution in [1.29, 1.82) is 0 Å². The van der Waals surface area contributed by atoms with Crippen LogP contribution >= 0.6 is 11.6 Å². The molecule has 1 aromatic carbocycles. The molecule has 4 rings (SSSR count). The van der Waals surface area contributed by atoms with Crippen molar-refractivity contribution in [2.24, 2.45) is 0 Å². The molecule has 194 valence electrons. The van der Waals surface area contributed by atoms with Crippen molar-refractivity contribution in [2.45, 2.75) is 37.3 Å². The molecular weight excluding hydrogens is 514 g/mol. The molecule has 1 aliphatic heterocycles. The molecule has 1 aliphatic rings. The van der Waals surface area contributed by atoms with Crippen LogP contribution < -0.4 is 10.2 Å². The van der Waals surface area contributed by atoms with Gasteiger partial charge in [0.15, 0.2) is 0 Å². The van der Waals surface area contributed by atoms with E-state index >= 15 is 0 Å². The second-order valence-electron chi connectivity index (χ2n) is 8.41. The third-order valence-corrected chi connectivity index (χ3v) is 6.31. The van der Waals surface area contributed by atoms with E-state index in [0.29, 0.717) is 23.5 Å². The Balaban J connectivity index is 1.57. The molecule has 1 amide bonds. The quantitative estimate of drug-likeness (QED) is 0.445. The highest BCUT2D eigenvalue weighted by atomic mass is 35.5. The molecule has 14 heteroatoms. The maximum atomic E-state index is 14.3. The fraction of sp³-hybridized carbons (Fsp3) is 0.409. The predicted octanol–water partition coefficient (Wildman–Crippen LogP) is 5.10. The average molecular weight is 535 g/mol. The lowest BCUT2D eigenvalue weighted by molar-refractivity contribution is -0.199. The highest BCUT2D eigenvalue weighted by Crippen LogP contribution is 2.37. The first-order chi connectivity index (χ1) is 16.9. The zero-order valence-electron chi connectivity index (χ0n) is 18.8. The Labute approximate surface area is 206 Å². The van der Waals surface area contributed by atoms with Crippen LogP contribution in [0.25, 0.3) is 11.0 Å². The zero-order valence-corrected chi connectivity index (χ0v) is 19.5. The summed E-state index contributed by atoms with van der Waals surface area (Å²) in [6.07, 6.45) is -6.16. The third kappa shape index (κ3) is 5.30. The molecule has 7 nitrogen and oxygen atoms in total. The SMILES string of the molecule is CN(c1ncnc2[nH]ccc12)C1CCCN(C(=O)CNc2cc(Cl)cc(C(F)(F)F)c2)C1C(F)(F)F. The smallest absolute Gasteiger partial charge is 0.376 e. The van der Waals surface area contributed by atoms with Crippen LogP contribution in [-0.2, 0) is 11.0 Å². The summed E-state index contributed by atoms with van der Waals surface area (Å²) in [5.74, 6) is -0.620. The van der Waals surface area contributed by atoms with Crippen molar-refractivity contribution < 1.29 is 31.1 Å². The van der Waals surface area contributed by atoms with Crippen molar-refractivity contribution in [3.05, 3.63) is 47.4 Å². The summed E-state index contributed by atoms with van der Waals surface area (Å²) in [6, 6.07) is 0.978. The Kier molecular flexibility index (Phi) is 6.95. The number of carbonyl (C=O) groups is 1. The molecule has 2 aromatic heterocycles. The summed E-state index contributed by atoms with van der Waals surface area (Å²) >= 11 is 5.75. The number of amides is 1. The van der Waals surface area contributed by atoms with Gasteiger partial charge in [0.2, 0.25) is 5.91 Å². The summed E-state index contributed by atoms with van der Waals surface area (Å²) in [6.45, 7) is -0.794. The number of piperidine rings is 1. The van der Waals surface area contributed by atoms with Crippen LogP contribution in [-0.4, -0.2) is 64.2 Å². The second kappa shape index (κ2) is 9.68. The first-order valence-electron chi connectivity index (χ1n) is 10.8. The number of aromatic amines is 1. The van der Waals surface area contributed by atoms with Gasteiger partial charge in [-0.1, -0.05) is 11.6 Å². The number of carbonyl (C=O) groups excluding carboxylic acids is 1. The number of likely N-dealkylation sites (tertiary alicyclic amines) is 1. The number of benzene rings is 1. The van der Waals surface area contributed by atoms with Crippen molar-refractivity contribution in [1.82, 2.24) is 19.9 Å². The molecule has 2 N–H and O–H groups in total. The summed E-state index contributed by atoms with van der Waals surface area (Å²) in [7, 11) is 1.48. The van der Waals surface area contributed by atoms with Gasteiger partial charge in [-0.25, -0.2) is 9.97 Å². The summed E-state index contributed by atoms with van der Waals surface area (Å²) in [5.41, 5.74) is -0.713. The lowest BCUT2D eigenvalue weighted by Gasteiger charge is -2.45. The first-order valence-corrected chi connectivity index (χ1v) is 11.2. The van der Waals surface area contributed by atoms with Crippen molar-refractivity contribution >= 4 is 40.0 Å². The molecule has 0 radical (unpaired) electrons. The maximum absolute atomic E-state index is 14.3. The number of hydrogen-bond donors (Lipinski definition) is 2. The van der Waals surface area contributed by atoms with Gasteiger partial charge >= 0.3 is 12.4 Å². The number of hydrogen-bond acceptors (Lipinski definition) is 5. The van der Waals surface area contributed by atoms with E-state index in [9.17, 15) is 31.1 Å². The molecule has 1 saturated heterocycles. The van der Waals surface area contributed by atoms with Gasteiger partial charge in [0.25, 0.3) is 0 Å². The van der Waals surface area contributed by atoms with Crippen LogP contribution in [0.2, 0.25) is 5.02 Å². The van der Waals surface area contributed by atoms with E-state index in [4.69, 9.17) is 11.6 Å². The molecule has 2 unspecified atom stereocenters. The molecule has 0 spiro atoms. The lowest BCUT2D eigenvalue weighted by Crippen LogP contribution is -2.63. The topological polar surface area (TPSA) is 77.2 Å². The molecule has 3 aromatic rings. The molecule has 0 bridgehead atoms. The second-order valence-corrected chi connectivity index (χ2v) is 8.85. The minimum absolute atomic E-state index is 0.131. The van der Waals surface area contributed by atoms with Gasteiger partial charge in [0.05, 0.1) is 23.5 Å². The van der Waals surface area contributed by atoms with E-state index in [2.05, 4.69) is 20.3 Å². The minimum atomic E-state index is -4.77. The van der Waals surface area contributed by atoms with Gasteiger partial charge in [0, 0.05) is 30.5 Å². The van der Waals surface area contributed by atoms with E-state index in [1.165, 1.54) is 18.3 Å². The predicted molar refractivity (Wildman–Crippen MR) is 122 cm³/mol. The van der Waals surface area contributed by atoms with Crippen LogP contribution in [0.1, 0.15) is 18.4 Å². The van der Waals surface area contributed by atoms with Crippen molar-refractivity contribution in [3.8, 4) is 0 Å². The fourth-order valence-electron chi connectivity index (χ4n) is 4.49. The number of aromatic nitrogens is 3. The van der Waals surface area contributed by atoms with E-state index in [1.807, 2.05) is 0 Å². The van der Waals surface area contributed by atoms with Crippen LogP contribution in [0.3, 0.4) is 0 Å². The highest BCUT2D eigenvalue weighted by Gasteiger charge is 2.53. The Morgan fingerprint density at radius 3 is 2.67 bits per heavy atom. The maximum Gasteiger partial charge on any atom is 0.416 e.